The first-order valence-electron chi connectivity index (χ1n) is 5.15. The van der Waals surface area contributed by atoms with Crippen molar-refractivity contribution in [1.82, 2.24) is 24.7 Å². The summed E-state index contributed by atoms with van der Waals surface area (Å²) in [7, 11) is 0. The number of nitrogens with zero attached hydrogens (tertiary/aromatic N) is 5. The monoisotopic (exact) mass is 230 g/mol. The van der Waals surface area contributed by atoms with E-state index in [2.05, 4.69) is 24.6 Å². The Morgan fingerprint density at radius 2 is 2.35 bits per heavy atom. The fourth-order valence-corrected chi connectivity index (χ4v) is 1.75. The van der Waals surface area contributed by atoms with Crippen molar-refractivity contribution in [3.63, 3.8) is 0 Å². The minimum absolute atomic E-state index is 0.469. The van der Waals surface area contributed by atoms with Crippen molar-refractivity contribution in [1.29, 1.82) is 0 Å². The summed E-state index contributed by atoms with van der Waals surface area (Å²) in [6.45, 7) is 0.659. The second-order valence-electron chi connectivity index (χ2n) is 3.58. The van der Waals surface area contributed by atoms with Crippen molar-refractivity contribution in [2.24, 2.45) is 0 Å². The quantitative estimate of drug-likeness (QED) is 0.709. The molecule has 3 aromatic rings. The first kappa shape index (κ1) is 9.76. The van der Waals surface area contributed by atoms with Gasteiger partial charge in [0.05, 0.1) is 11.7 Å². The summed E-state index contributed by atoms with van der Waals surface area (Å²) in [6.07, 6.45) is 5.37. The third kappa shape index (κ3) is 1.71. The predicted octanol–water partition coefficient (Wildman–Crippen LogP) is 0.639. The molecule has 0 aliphatic rings. The molecule has 3 rings (SSSR count). The van der Waals surface area contributed by atoms with Crippen LogP contribution in [0.3, 0.4) is 0 Å². The summed E-state index contributed by atoms with van der Waals surface area (Å²) in [5, 5.41) is 3.75. The Labute approximate surface area is 96.3 Å². The van der Waals surface area contributed by atoms with Gasteiger partial charge in [-0.1, -0.05) is 5.16 Å². The molecule has 0 aromatic carbocycles. The Bertz CT molecular complexity index is 629. The molecular weight excluding hydrogens is 220 g/mol. The van der Waals surface area contributed by atoms with Crippen LogP contribution in [0, 0.1) is 0 Å². The van der Waals surface area contributed by atoms with Gasteiger partial charge in [0.15, 0.2) is 5.82 Å². The second-order valence-corrected chi connectivity index (χ2v) is 3.58. The van der Waals surface area contributed by atoms with Crippen molar-refractivity contribution in [2.75, 3.05) is 5.73 Å². The van der Waals surface area contributed by atoms with Crippen LogP contribution in [0.15, 0.2) is 29.4 Å². The number of rotatable bonds is 3. The maximum Gasteiger partial charge on any atom is 0.213 e. The molecule has 0 saturated carbocycles. The molecule has 0 amide bonds. The van der Waals surface area contributed by atoms with Crippen LogP contribution in [0.25, 0.3) is 11.0 Å². The van der Waals surface area contributed by atoms with E-state index in [1.165, 1.54) is 6.39 Å². The lowest BCUT2D eigenvalue weighted by Crippen LogP contribution is -2.06. The summed E-state index contributed by atoms with van der Waals surface area (Å²) < 4.78 is 6.58. The molecule has 0 fully saturated rings. The number of anilines is 1. The van der Waals surface area contributed by atoms with Crippen LogP contribution in [0.2, 0.25) is 0 Å². The van der Waals surface area contributed by atoms with Crippen molar-refractivity contribution >= 4 is 17.0 Å². The summed E-state index contributed by atoms with van der Waals surface area (Å²) in [5.41, 5.74) is 7.60. The van der Waals surface area contributed by atoms with Gasteiger partial charge >= 0.3 is 0 Å². The molecule has 86 valence electrons. The molecule has 2 N–H and O–H groups in total. The van der Waals surface area contributed by atoms with E-state index >= 15 is 0 Å². The molecule has 0 spiro atoms. The molecule has 0 atom stereocenters. The van der Waals surface area contributed by atoms with E-state index in [1.807, 2.05) is 10.6 Å². The zero-order chi connectivity index (χ0) is 11.7. The van der Waals surface area contributed by atoms with E-state index in [-0.39, 0.29) is 0 Å². The van der Waals surface area contributed by atoms with Crippen molar-refractivity contribution in [2.45, 2.75) is 13.0 Å². The molecule has 0 bridgehead atoms. The lowest BCUT2D eigenvalue weighted by Gasteiger charge is -2.03. The zero-order valence-corrected chi connectivity index (χ0v) is 8.95. The van der Waals surface area contributed by atoms with E-state index in [9.17, 15) is 0 Å². The van der Waals surface area contributed by atoms with Crippen LogP contribution in [0.1, 0.15) is 5.82 Å². The predicted molar refractivity (Wildman–Crippen MR) is 59.9 cm³/mol. The topological polar surface area (TPSA) is 95.7 Å². The highest BCUT2D eigenvalue weighted by atomic mass is 16.5. The second kappa shape index (κ2) is 3.85. The Balaban J connectivity index is 1.92. The Kier molecular flexibility index (Phi) is 2.21. The number of fused-ring (bicyclic) bond motifs is 1. The summed E-state index contributed by atoms with van der Waals surface area (Å²) >= 11 is 0. The van der Waals surface area contributed by atoms with Crippen LogP contribution >= 0.6 is 0 Å². The fraction of sp³-hybridized carbons (Fsp3) is 0.200. The van der Waals surface area contributed by atoms with E-state index in [0.29, 0.717) is 24.7 Å². The highest BCUT2D eigenvalue weighted by molar-refractivity contribution is 5.76. The number of pyridine rings is 1. The molecule has 7 heteroatoms. The van der Waals surface area contributed by atoms with Gasteiger partial charge in [0.2, 0.25) is 12.3 Å². The van der Waals surface area contributed by atoms with Gasteiger partial charge < -0.3 is 14.8 Å². The van der Waals surface area contributed by atoms with Gasteiger partial charge in [0.1, 0.15) is 5.52 Å². The maximum absolute atomic E-state index is 5.85. The Morgan fingerprint density at radius 1 is 1.41 bits per heavy atom. The number of nitrogen functional groups attached to an aromatic ring is 1. The van der Waals surface area contributed by atoms with Crippen LogP contribution in [-0.4, -0.2) is 24.7 Å². The number of hydrogen-bond acceptors (Lipinski definition) is 6. The molecule has 0 unspecified atom stereocenters. The Morgan fingerprint density at radius 3 is 3.18 bits per heavy atom. The fourth-order valence-electron chi connectivity index (χ4n) is 1.75. The van der Waals surface area contributed by atoms with Gasteiger partial charge in [-0.2, -0.15) is 4.98 Å². The Hall–Kier alpha value is -2.44. The lowest BCUT2D eigenvalue weighted by atomic mass is 10.3. The van der Waals surface area contributed by atoms with E-state index < -0.39 is 0 Å². The molecule has 0 radical (unpaired) electrons. The summed E-state index contributed by atoms with van der Waals surface area (Å²) in [5.74, 6) is 1.12. The van der Waals surface area contributed by atoms with E-state index in [1.54, 1.807) is 12.4 Å². The number of imidazole rings is 1. The largest absolute Gasteiger partial charge is 0.369 e. The average molecular weight is 230 g/mol. The highest BCUT2D eigenvalue weighted by Crippen LogP contribution is 2.16. The van der Waals surface area contributed by atoms with Crippen LogP contribution in [0.4, 0.5) is 5.95 Å². The standard InChI is InChI=1S/C10H10N6O/c11-10-14-7-5-12-3-1-8(7)16(10)4-2-9-13-6-17-15-9/h1,3,5-6H,2,4H2,(H2,11,14). The molecule has 7 nitrogen and oxygen atoms in total. The molecule has 3 heterocycles. The summed E-state index contributed by atoms with van der Waals surface area (Å²) in [6, 6.07) is 1.88. The van der Waals surface area contributed by atoms with E-state index in [4.69, 9.17) is 5.73 Å². The average Bonchev–Trinajstić information content (AvgIpc) is 2.93. The smallest absolute Gasteiger partial charge is 0.213 e. The van der Waals surface area contributed by atoms with Crippen molar-refractivity contribution in [3.8, 4) is 0 Å². The van der Waals surface area contributed by atoms with Gasteiger partial charge in [0, 0.05) is 19.2 Å². The number of nitrogens with two attached hydrogens (primary N) is 1. The minimum atomic E-state index is 0.469. The summed E-state index contributed by atoms with van der Waals surface area (Å²) in [4.78, 5) is 12.2. The molecule has 0 aliphatic heterocycles. The van der Waals surface area contributed by atoms with Gasteiger partial charge in [-0.05, 0) is 6.07 Å². The number of aromatic nitrogens is 5. The molecule has 0 saturated heterocycles. The van der Waals surface area contributed by atoms with Crippen molar-refractivity contribution < 1.29 is 4.52 Å². The van der Waals surface area contributed by atoms with Crippen LogP contribution in [-0.2, 0) is 13.0 Å². The normalized spacial score (nSPS) is 11.1. The third-order valence-electron chi connectivity index (χ3n) is 2.55. The van der Waals surface area contributed by atoms with Gasteiger partial charge in [-0.25, -0.2) is 4.98 Å². The molecule has 17 heavy (non-hydrogen) atoms. The van der Waals surface area contributed by atoms with Crippen LogP contribution in [0.5, 0.6) is 0 Å². The molecule has 3 aromatic heterocycles. The first-order chi connectivity index (χ1) is 8.34. The van der Waals surface area contributed by atoms with Gasteiger partial charge in [-0.15, -0.1) is 0 Å². The molecule has 0 aliphatic carbocycles. The maximum atomic E-state index is 5.85. The highest BCUT2D eigenvalue weighted by Gasteiger charge is 2.08. The number of aryl methyl sites for hydroxylation is 2. The lowest BCUT2D eigenvalue weighted by molar-refractivity contribution is 0.408. The van der Waals surface area contributed by atoms with Crippen molar-refractivity contribution in [3.05, 3.63) is 30.7 Å². The zero-order valence-electron chi connectivity index (χ0n) is 8.95. The van der Waals surface area contributed by atoms with Gasteiger partial charge in [-0.3, -0.25) is 4.98 Å². The van der Waals surface area contributed by atoms with Crippen LogP contribution < -0.4 is 5.73 Å². The molecular formula is C10H10N6O. The number of hydrogen-bond donors (Lipinski definition) is 1. The SMILES string of the molecule is Nc1nc2cnccc2n1CCc1ncon1. The van der Waals surface area contributed by atoms with E-state index in [0.717, 1.165) is 11.0 Å². The third-order valence-corrected chi connectivity index (χ3v) is 2.55. The van der Waals surface area contributed by atoms with Gasteiger partial charge in [0.25, 0.3) is 0 Å². The first-order valence-corrected chi connectivity index (χ1v) is 5.15. The minimum Gasteiger partial charge on any atom is -0.369 e.